The molecule has 1 heterocycles. The molecule has 0 fully saturated rings. The first-order chi connectivity index (χ1) is 11.7. The van der Waals surface area contributed by atoms with E-state index in [2.05, 4.69) is 10.3 Å². The van der Waals surface area contributed by atoms with Gasteiger partial charge in [0.05, 0.1) is 19.2 Å². The third-order valence-corrected chi connectivity index (χ3v) is 3.51. The Labute approximate surface area is 138 Å². The molecule has 24 heavy (non-hydrogen) atoms. The molecule has 2 N–H and O–H groups in total. The standard InChI is InChI=1S/C18H16N2O4/c1-23-15-8-7-12-9-13(17(21)20-16(12)10-15)11-19-18(22)24-14-5-3-2-4-6-14/h2-10H,11H2,1H3,(H,19,22)(H,20,21). The summed E-state index contributed by atoms with van der Waals surface area (Å²) in [6.07, 6.45) is -0.615. The average Bonchev–Trinajstić information content (AvgIpc) is 2.60. The Morgan fingerprint density at radius 2 is 1.88 bits per heavy atom. The van der Waals surface area contributed by atoms with Crippen molar-refractivity contribution in [2.45, 2.75) is 6.54 Å². The van der Waals surface area contributed by atoms with Gasteiger partial charge in [-0.15, -0.1) is 0 Å². The second-order valence-corrected chi connectivity index (χ2v) is 5.13. The highest BCUT2D eigenvalue weighted by Gasteiger charge is 2.08. The molecule has 122 valence electrons. The minimum absolute atomic E-state index is 0.0724. The Balaban J connectivity index is 1.72. The molecule has 0 radical (unpaired) electrons. The lowest BCUT2D eigenvalue weighted by atomic mass is 10.1. The van der Waals surface area contributed by atoms with E-state index in [0.717, 1.165) is 5.39 Å². The van der Waals surface area contributed by atoms with E-state index in [1.807, 2.05) is 18.2 Å². The summed E-state index contributed by atoms with van der Waals surface area (Å²) in [5.74, 6) is 1.10. The lowest BCUT2D eigenvalue weighted by Crippen LogP contribution is -2.29. The number of pyridine rings is 1. The number of rotatable bonds is 4. The summed E-state index contributed by atoms with van der Waals surface area (Å²) < 4.78 is 10.2. The second-order valence-electron chi connectivity index (χ2n) is 5.13. The monoisotopic (exact) mass is 324 g/mol. The molecule has 0 bridgehead atoms. The predicted octanol–water partition coefficient (Wildman–Crippen LogP) is 2.83. The molecule has 3 rings (SSSR count). The number of methoxy groups -OCH3 is 1. The van der Waals surface area contributed by atoms with Crippen LogP contribution in [0.5, 0.6) is 11.5 Å². The van der Waals surface area contributed by atoms with E-state index in [1.54, 1.807) is 43.5 Å². The van der Waals surface area contributed by atoms with Crippen LogP contribution in [-0.4, -0.2) is 18.2 Å². The number of aromatic nitrogens is 1. The molecular formula is C18H16N2O4. The fraction of sp³-hybridized carbons (Fsp3) is 0.111. The normalized spacial score (nSPS) is 10.4. The van der Waals surface area contributed by atoms with E-state index in [9.17, 15) is 9.59 Å². The number of carbonyl (C=O) groups is 1. The summed E-state index contributed by atoms with van der Waals surface area (Å²) in [5, 5.41) is 3.42. The van der Waals surface area contributed by atoms with Crippen molar-refractivity contribution in [1.82, 2.24) is 10.3 Å². The van der Waals surface area contributed by atoms with Crippen LogP contribution < -0.4 is 20.3 Å². The van der Waals surface area contributed by atoms with Crippen molar-refractivity contribution in [3.8, 4) is 11.5 Å². The lowest BCUT2D eigenvalue weighted by Gasteiger charge is -2.08. The third kappa shape index (κ3) is 3.55. The molecule has 0 aliphatic rings. The highest BCUT2D eigenvalue weighted by atomic mass is 16.6. The minimum atomic E-state index is -0.615. The maximum Gasteiger partial charge on any atom is 0.412 e. The summed E-state index contributed by atoms with van der Waals surface area (Å²) >= 11 is 0. The van der Waals surface area contributed by atoms with Crippen molar-refractivity contribution in [3.63, 3.8) is 0 Å². The summed E-state index contributed by atoms with van der Waals surface area (Å²) in [6, 6.07) is 15.8. The zero-order chi connectivity index (χ0) is 16.9. The van der Waals surface area contributed by atoms with Crippen molar-refractivity contribution in [2.75, 3.05) is 7.11 Å². The van der Waals surface area contributed by atoms with Crippen molar-refractivity contribution < 1.29 is 14.3 Å². The van der Waals surface area contributed by atoms with Crippen LogP contribution in [0.1, 0.15) is 5.56 Å². The number of fused-ring (bicyclic) bond motifs is 1. The first kappa shape index (κ1) is 15.6. The average molecular weight is 324 g/mol. The van der Waals surface area contributed by atoms with E-state index in [1.165, 1.54) is 0 Å². The Kier molecular flexibility index (Phi) is 4.47. The van der Waals surface area contributed by atoms with E-state index < -0.39 is 6.09 Å². The largest absolute Gasteiger partial charge is 0.497 e. The zero-order valence-electron chi connectivity index (χ0n) is 13.0. The Bertz CT molecular complexity index is 919. The molecule has 0 spiro atoms. The van der Waals surface area contributed by atoms with Gasteiger partial charge in [0.25, 0.3) is 5.56 Å². The maximum atomic E-state index is 12.1. The molecule has 0 atom stereocenters. The van der Waals surface area contributed by atoms with Crippen LogP contribution in [0.4, 0.5) is 4.79 Å². The highest BCUT2D eigenvalue weighted by molar-refractivity contribution is 5.80. The molecule has 6 heteroatoms. The van der Waals surface area contributed by atoms with Gasteiger partial charge in [-0.05, 0) is 35.7 Å². The van der Waals surface area contributed by atoms with Gasteiger partial charge in [-0.1, -0.05) is 18.2 Å². The summed E-state index contributed by atoms with van der Waals surface area (Å²) in [5.41, 5.74) is 0.850. The fourth-order valence-corrected chi connectivity index (χ4v) is 2.28. The van der Waals surface area contributed by atoms with Crippen LogP contribution in [0.15, 0.2) is 59.4 Å². The van der Waals surface area contributed by atoms with E-state index in [-0.39, 0.29) is 12.1 Å². The van der Waals surface area contributed by atoms with Crippen molar-refractivity contribution in [3.05, 3.63) is 70.5 Å². The molecule has 0 saturated heterocycles. The highest BCUT2D eigenvalue weighted by Crippen LogP contribution is 2.18. The molecule has 1 amide bonds. The molecule has 6 nitrogen and oxygen atoms in total. The summed E-state index contributed by atoms with van der Waals surface area (Å²) in [7, 11) is 1.57. The molecule has 0 aliphatic carbocycles. The SMILES string of the molecule is COc1ccc2cc(CNC(=O)Oc3ccccc3)c(=O)[nH]c2c1. The van der Waals surface area contributed by atoms with E-state index in [4.69, 9.17) is 9.47 Å². The number of amides is 1. The first-order valence-corrected chi connectivity index (χ1v) is 7.36. The van der Waals surface area contributed by atoms with Gasteiger partial charge in [0.15, 0.2) is 0 Å². The van der Waals surface area contributed by atoms with Crippen molar-refractivity contribution >= 4 is 17.0 Å². The Morgan fingerprint density at radius 1 is 1.08 bits per heavy atom. The van der Waals surface area contributed by atoms with Gasteiger partial charge >= 0.3 is 6.09 Å². The van der Waals surface area contributed by atoms with Gasteiger partial charge in [-0.2, -0.15) is 0 Å². The fourth-order valence-electron chi connectivity index (χ4n) is 2.28. The topological polar surface area (TPSA) is 80.4 Å². The van der Waals surface area contributed by atoms with Crippen LogP contribution in [0, 0.1) is 0 Å². The second kappa shape index (κ2) is 6.87. The molecule has 0 aliphatic heterocycles. The van der Waals surface area contributed by atoms with Crippen LogP contribution in [0.25, 0.3) is 10.9 Å². The number of hydrogen-bond donors (Lipinski definition) is 2. The summed E-state index contributed by atoms with van der Waals surface area (Å²) in [6.45, 7) is 0.0724. The molecule has 0 unspecified atom stereocenters. The van der Waals surface area contributed by atoms with E-state index >= 15 is 0 Å². The minimum Gasteiger partial charge on any atom is -0.497 e. The smallest absolute Gasteiger partial charge is 0.412 e. The number of benzene rings is 2. The lowest BCUT2D eigenvalue weighted by molar-refractivity contribution is 0.200. The van der Waals surface area contributed by atoms with Crippen LogP contribution in [-0.2, 0) is 6.54 Å². The molecule has 0 saturated carbocycles. The van der Waals surface area contributed by atoms with Gasteiger partial charge in [0, 0.05) is 11.6 Å². The van der Waals surface area contributed by atoms with Gasteiger partial charge in [0.2, 0.25) is 0 Å². The van der Waals surface area contributed by atoms with Crippen molar-refractivity contribution in [2.24, 2.45) is 0 Å². The first-order valence-electron chi connectivity index (χ1n) is 7.36. The zero-order valence-corrected chi connectivity index (χ0v) is 13.0. The van der Waals surface area contributed by atoms with Gasteiger partial charge in [-0.3, -0.25) is 4.79 Å². The van der Waals surface area contributed by atoms with Crippen LogP contribution in [0.2, 0.25) is 0 Å². The number of aromatic amines is 1. The number of carbonyl (C=O) groups excluding carboxylic acids is 1. The van der Waals surface area contributed by atoms with Crippen LogP contribution >= 0.6 is 0 Å². The Hall–Kier alpha value is -3.28. The third-order valence-electron chi connectivity index (χ3n) is 3.51. The quantitative estimate of drug-likeness (QED) is 0.773. The maximum absolute atomic E-state index is 12.1. The predicted molar refractivity (Wildman–Crippen MR) is 90.4 cm³/mol. The number of nitrogens with one attached hydrogen (secondary N) is 2. The molecule has 3 aromatic rings. The Morgan fingerprint density at radius 3 is 2.62 bits per heavy atom. The molecule has 2 aromatic carbocycles. The number of ether oxygens (including phenoxy) is 2. The molecular weight excluding hydrogens is 308 g/mol. The molecule has 1 aromatic heterocycles. The van der Waals surface area contributed by atoms with Crippen LogP contribution in [0.3, 0.4) is 0 Å². The van der Waals surface area contributed by atoms with Gasteiger partial charge in [0.1, 0.15) is 11.5 Å². The van der Waals surface area contributed by atoms with Gasteiger partial charge in [-0.25, -0.2) is 4.79 Å². The number of para-hydroxylation sites is 1. The van der Waals surface area contributed by atoms with Gasteiger partial charge < -0.3 is 19.8 Å². The number of H-pyrrole nitrogens is 1. The summed E-state index contributed by atoms with van der Waals surface area (Å²) in [4.78, 5) is 26.7. The van der Waals surface area contributed by atoms with Crippen molar-refractivity contribution in [1.29, 1.82) is 0 Å². The van der Waals surface area contributed by atoms with E-state index in [0.29, 0.717) is 22.6 Å². The number of hydrogen-bond acceptors (Lipinski definition) is 4.